The molecule has 7 heteroatoms. The summed E-state index contributed by atoms with van der Waals surface area (Å²) in [5, 5.41) is 8.39. The number of hydrogen-bond donors (Lipinski definition) is 2. The lowest BCUT2D eigenvalue weighted by Crippen LogP contribution is -2.23. The second kappa shape index (κ2) is 3.17. The van der Waals surface area contributed by atoms with E-state index in [2.05, 4.69) is 0 Å². The zero-order valence-electron chi connectivity index (χ0n) is 6.55. The van der Waals surface area contributed by atoms with Crippen LogP contribution in [0.3, 0.4) is 0 Å². The van der Waals surface area contributed by atoms with Gasteiger partial charge in [0, 0.05) is 12.3 Å². The summed E-state index contributed by atoms with van der Waals surface area (Å²) in [6.45, 7) is 0. The smallest absolute Gasteiger partial charge is 0.432 e. The molecular formula is C7H4F3NO3. The molecule has 1 rings (SSSR count). The zero-order valence-corrected chi connectivity index (χ0v) is 6.55. The van der Waals surface area contributed by atoms with Gasteiger partial charge in [0.2, 0.25) is 0 Å². The van der Waals surface area contributed by atoms with E-state index in [1.807, 2.05) is 0 Å². The van der Waals surface area contributed by atoms with Crippen LogP contribution in [0.4, 0.5) is 13.2 Å². The minimum absolute atomic E-state index is 0.721. The van der Waals surface area contributed by atoms with Crippen molar-refractivity contribution in [3.63, 3.8) is 0 Å². The first-order valence-electron chi connectivity index (χ1n) is 3.36. The van der Waals surface area contributed by atoms with Crippen molar-refractivity contribution in [3.8, 4) is 0 Å². The van der Waals surface area contributed by atoms with E-state index < -0.39 is 28.8 Å². The van der Waals surface area contributed by atoms with Gasteiger partial charge in [-0.1, -0.05) is 0 Å². The highest BCUT2D eigenvalue weighted by atomic mass is 19.4. The molecule has 0 unspecified atom stereocenters. The molecule has 76 valence electrons. The summed E-state index contributed by atoms with van der Waals surface area (Å²) in [4.78, 5) is 22.9. The van der Waals surface area contributed by atoms with Crippen LogP contribution in [0.5, 0.6) is 0 Å². The molecule has 4 nitrogen and oxygen atoms in total. The number of carboxylic acids is 1. The van der Waals surface area contributed by atoms with Gasteiger partial charge in [0.05, 0.1) is 0 Å². The number of aromatic nitrogens is 1. The molecule has 2 N–H and O–H groups in total. The Bertz CT molecular complexity index is 421. The van der Waals surface area contributed by atoms with Gasteiger partial charge in [-0.3, -0.25) is 4.79 Å². The molecule has 1 aromatic rings. The average molecular weight is 207 g/mol. The number of pyridine rings is 1. The Labute approximate surface area is 75.0 Å². The molecule has 0 aliphatic rings. The first kappa shape index (κ1) is 10.3. The van der Waals surface area contributed by atoms with E-state index >= 15 is 0 Å². The number of rotatable bonds is 1. The van der Waals surface area contributed by atoms with E-state index in [1.54, 1.807) is 4.98 Å². The number of hydrogen-bond acceptors (Lipinski definition) is 2. The topological polar surface area (TPSA) is 70.2 Å². The Morgan fingerprint density at radius 2 is 2.00 bits per heavy atom. The second-order valence-corrected chi connectivity index (χ2v) is 2.39. The summed E-state index contributed by atoms with van der Waals surface area (Å²) in [6.07, 6.45) is -4.13. The van der Waals surface area contributed by atoms with Gasteiger partial charge in [0.25, 0.3) is 0 Å². The molecule has 0 amide bonds. The van der Waals surface area contributed by atoms with Crippen LogP contribution in [0, 0.1) is 0 Å². The molecule has 0 fully saturated rings. The molecule has 1 heterocycles. The molecular weight excluding hydrogens is 203 g/mol. The molecule has 0 radical (unpaired) electrons. The lowest BCUT2D eigenvalue weighted by atomic mass is 10.2. The van der Waals surface area contributed by atoms with Crippen molar-refractivity contribution in [2.75, 3.05) is 0 Å². The van der Waals surface area contributed by atoms with Crippen LogP contribution in [-0.4, -0.2) is 16.1 Å². The van der Waals surface area contributed by atoms with Crippen molar-refractivity contribution in [3.05, 3.63) is 33.7 Å². The number of alkyl halides is 3. The second-order valence-electron chi connectivity index (χ2n) is 2.39. The molecule has 0 aliphatic heterocycles. The number of halogens is 3. The van der Waals surface area contributed by atoms with E-state index in [0.717, 1.165) is 12.3 Å². The van der Waals surface area contributed by atoms with Crippen LogP contribution >= 0.6 is 0 Å². The van der Waals surface area contributed by atoms with Crippen molar-refractivity contribution in [1.29, 1.82) is 0 Å². The Morgan fingerprint density at radius 3 is 2.36 bits per heavy atom. The van der Waals surface area contributed by atoms with Gasteiger partial charge >= 0.3 is 12.1 Å². The molecule has 1 aromatic heterocycles. The number of aromatic amines is 1. The third-order valence-electron chi connectivity index (χ3n) is 1.46. The Balaban J connectivity index is 3.52. The lowest BCUT2D eigenvalue weighted by Gasteiger charge is -2.08. The van der Waals surface area contributed by atoms with Crippen LogP contribution in [0.2, 0.25) is 0 Å². The summed E-state index contributed by atoms with van der Waals surface area (Å²) in [5.74, 6) is -1.90. The fraction of sp³-hybridized carbons (Fsp3) is 0.143. The Hall–Kier alpha value is -1.79. The normalized spacial score (nSPS) is 11.4. The van der Waals surface area contributed by atoms with Crippen molar-refractivity contribution >= 4 is 5.97 Å². The monoisotopic (exact) mass is 207 g/mol. The molecule has 14 heavy (non-hydrogen) atoms. The maximum Gasteiger partial charge on any atom is 0.432 e. The van der Waals surface area contributed by atoms with Gasteiger partial charge in [-0.15, -0.1) is 0 Å². The molecule has 0 spiro atoms. The fourth-order valence-corrected chi connectivity index (χ4v) is 0.915. The lowest BCUT2D eigenvalue weighted by molar-refractivity contribution is -0.141. The Morgan fingerprint density at radius 1 is 1.43 bits per heavy atom. The largest absolute Gasteiger partial charge is 0.477 e. The average Bonchev–Trinajstić information content (AvgIpc) is 2.01. The van der Waals surface area contributed by atoms with E-state index in [9.17, 15) is 22.8 Å². The predicted molar refractivity (Wildman–Crippen MR) is 39.0 cm³/mol. The van der Waals surface area contributed by atoms with Crippen molar-refractivity contribution in [2.45, 2.75) is 6.18 Å². The zero-order chi connectivity index (χ0) is 10.9. The summed E-state index contributed by atoms with van der Waals surface area (Å²) < 4.78 is 36.5. The van der Waals surface area contributed by atoms with Crippen molar-refractivity contribution in [2.24, 2.45) is 0 Å². The molecule has 0 saturated heterocycles. The molecule has 0 aromatic carbocycles. The highest BCUT2D eigenvalue weighted by Crippen LogP contribution is 2.28. The van der Waals surface area contributed by atoms with E-state index in [-0.39, 0.29) is 0 Å². The van der Waals surface area contributed by atoms with Crippen molar-refractivity contribution < 1.29 is 23.1 Å². The minimum atomic E-state index is -4.88. The van der Waals surface area contributed by atoms with Gasteiger partial charge in [-0.05, 0) is 0 Å². The summed E-state index contributed by atoms with van der Waals surface area (Å²) in [5.41, 5.74) is -4.01. The number of nitrogens with one attached hydrogen (secondary N) is 1. The van der Waals surface area contributed by atoms with E-state index in [4.69, 9.17) is 5.11 Å². The SMILES string of the molecule is O=C(O)c1c(C(F)(F)F)[nH]ccc1=O. The van der Waals surface area contributed by atoms with Gasteiger partial charge in [0.1, 0.15) is 11.3 Å². The minimum Gasteiger partial charge on any atom is -0.477 e. The van der Waals surface area contributed by atoms with E-state index in [0.29, 0.717) is 0 Å². The first-order valence-corrected chi connectivity index (χ1v) is 3.36. The van der Waals surface area contributed by atoms with Crippen LogP contribution in [0.25, 0.3) is 0 Å². The fourth-order valence-electron chi connectivity index (χ4n) is 0.915. The van der Waals surface area contributed by atoms with Crippen LogP contribution in [0.15, 0.2) is 17.1 Å². The summed E-state index contributed by atoms with van der Waals surface area (Å²) >= 11 is 0. The number of carbonyl (C=O) groups is 1. The standard InChI is InChI=1S/C7H4F3NO3/c8-7(9,10)5-4(6(13)14)3(12)1-2-11-5/h1-2H,(H,11,12)(H,13,14). The predicted octanol–water partition coefficient (Wildman–Crippen LogP) is 1.09. The first-order chi connectivity index (χ1) is 6.34. The molecule has 0 aliphatic carbocycles. The third kappa shape index (κ3) is 1.76. The number of aromatic carboxylic acids is 1. The molecule has 0 atom stereocenters. The highest BCUT2D eigenvalue weighted by Gasteiger charge is 2.37. The third-order valence-corrected chi connectivity index (χ3v) is 1.46. The van der Waals surface area contributed by atoms with Crippen molar-refractivity contribution in [1.82, 2.24) is 4.98 Å². The van der Waals surface area contributed by atoms with E-state index in [1.165, 1.54) is 0 Å². The van der Waals surface area contributed by atoms with Gasteiger partial charge in [0.15, 0.2) is 5.43 Å². The summed E-state index contributed by atoms with van der Waals surface area (Å²) in [7, 11) is 0. The van der Waals surface area contributed by atoms with Gasteiger partial charge in [-0.2, -0.15) is 13.2 Å². The maximum absolute atomic E-state index is 12.2. The maximum atomic E-state index is 12.2. The Kier molecular flexibility index (Phi) is 2.33. The molecule has 0 bridgehead atoms. The van der Waals surface area contributed by atoms with Crippen LogP contribution < -0.4 is 5.43 Å². The molecule has 0 saturated carbocycles. The highest BCUT2D eigenvalue weighted by molar-refractivity contribution is 5.88. The quantitative estimate of drug-likeness (QED) is 0.724. The van der Waals surface area contributed by atoms with Crippen LogP contribution in [-0.2, 0) is 6.18 Å². The number of carboxylic acid groups (broad SMARTS) is 1. The van der Waals surface area contributed by atoms with Gasteiger partial charge in [-0.25, -0.2) is 4.79 Å². The number of H-pyrrole nitrogens is 1. The summed E-state index contributed by atoms with van der Waals surface area (Å²) in [6, 6.07) is 0.721. The van der Waals surface area contributed by atoms with Crippen LogP contribution in [0.1, 0.15) is 16.1 Å². The van der Waals surface area contributed by atoms with Gasteiger partial charge < -0.3 is 10.1 Å².